The average molecular weight is 278 g/mol. The Bertz CT molecular complexity index is 733. The number of hydrogen-bond donors (Lipinski definition) is 1. The molecule has 0 saturated heterocycles. The first kappa shape index (κ1) is 13.5. The van der Waals surface area contributed by atoms with Gasteiger partial charge in [0.05, 0.1) is 6.61 Å². The first-order valence-electron chi connectivity index (χ1n) is 6.83. The summed E-state index contributed by atoms with van der Waals surface area (Å²) in [6, 6.07) is 22.3. The van der Waals surface area contributed by atoms with Crippen molar-refractivity contribution in [2.45, 2.75) is 6.61 Å². The van der Waals surface area contributed by atoms with E-state index in [2.05, 4.69) is 0 Å². The summed E-state index contributed by atoms with van der Waals surface area (Å²) in [5, 5.41) is 9.04. The quantitative estimate of drug-likeness (QED) is 0.739. The lowest BCUT2D eigenvalue weighted by atomic mass is 9.99. The van der Waals surface area contributed by atoms with E-state index in [1.165, 1.54) is 0 Å². The minimum absolute atomic E-state index is 0.00426. The highest BCUT2D eigenvalue weighted by molar-refractivity contribution is 5.71. The molecule has 104 valence electrons. The van der Waals surface area contributed by atoms with Gasteiger partial charge in [0, 0.05) is 5.56 Å². The van der Waals surface area contributed by atoms with Crippen molar-refractivity contribution in [3.63, 3.8) is 0 Å². The van der Waals surface area contributed by atoms with Crippen LogP contribution in [0.5, 0.6) is 0 Å². The smallest absolute Gasteiger partial charge is 0.131 e. The van der Waals surface area contributed by atoms with Gasteiger partial charge in [-0.15, -0.1) is 0 Å². The Balaban J connectivity index is 1.97. The fourth-order valence-electron chi connectivity index (χ4n) is 2.35. The van der Waals surface area contributed by atoms with Gasteiger partial charge in [-0.3, -0.25) is 0 Å². The lowest BCUT2D eigenvalue weighted by Gasteiger charge is -2.07. The van der Waals surface area contributed by atoms with Crippen LogP contribution in [0.15, 0.2) is 72.8 Å². The summed E-state index contributed by atoms with van der Waals surface area (Å²) < 4.78 is 14.4. The van der Waals surface area contributed by atoms with Gasteiger partial charge in [-0.25, -0.2) is 4.39 Å². The van der Waals surface area contributed by atoms with Crippen molar-refractivity contribution in [2.75, 3.05) is 0 Å². The molecule has 0 unspecified atom stereocenters. The molecule has 2 heteroatoms. The first-order chi connectivity index (χ1) is 10.3. The normalized spacial score (nSPS) is 10.6. The van der Waals surface area contributed by atoms with E-state index < -0.39 is 0 Å². The molecule has 0 fully saturated rings. The standard InChI is InChI=1S/C19H15FO/c20-19-12-17(15-4-2-1-3-5-15)10-11-18(19)16-8-6-14(13-21)7-9-16/h1-12,21H,13H2. The summed E-state index contributed by atoms with van der Waals surface area (Å²) in [4.78, 5) is 0. The van der Waals surface area contributed by atoms with Crippen LogP contribution < -0.4 is 0 Å². The molecule has 0 radical (unpaired) electrons. The lowest BCUT2D eigenvalue weighted by molar-refractivity contribution is 0.282. The summed E-state index contributed by atoms with van der Waals surface area (Å²) in [6.07, 6.45) is 0. The van der Waals surface area contributed by atoms with Gasteiger partial charge >= 0.3 is 0 Å². The molecule has 0 aliphatic carbocycles. The Morgan fingerprint density at radius 2 is 1.38 bits per heavy atom. The molecule has 1 nitrogen and oxygen atoms in total. The molecule has 0 heterocycles. The maximum absolute atomic E-state index is 14.4. The maximum atomic E-state index is 14.4. The van der Waals surface area contributed by atoms with Crippen LogP contribution in [0.2, 0.25) is 0 Å². The van der Waals surface area contributed by atoms with Crippen molar-refractivity contribution < 1.29 is 9.50 Å². The van der Waals surface area contributed by atoms with Crippen molar-refractivity contribution >= 4 is 0 Å². The second kappa shape index (κ2) is 5.90. The van der Waals surface area contributed by atoms with Crippen LogP contribution in [0.3, 0.4) is 0 Å². The van der Waals surface area contributed by atoms with Crippen molar-refractivity contribution in [3.8, 4) is 22.3 Å². The molecule has 1 N–H and O–H groups in total. The molecule has 3 rings (SSSR count). The zero-order valence-electron chi connectivity index (χ0n) is 11.5. The molecule has 0 aliphatic rings. The second-order valence-electron chi connectivity index (χ2n) is 4.92. The van der Waals surface area contributed by atoms with Gasteiger partial charge in [0.2, 0.25) is 0 Å². The van der Waals surface area contributed by atoms with Gasteiger partial charge in [0.1, 0.15) is 5.82 Å². The topological polar surface area (TPSA) is 20.2 Å². The van der Waals surface area contributed by atoms with E-state index in [0.717, 1.165) is 22.3 Å². The second-order valence-corrected chi connectivity index (χ2v) is 4.92. The maximum Gasteiger partial charge on any atom is 0.131 e. The first-order valence-corrected chi connectivity index (χ1v) is 6.83. The Morgan fingerprint density at radius 1 is 0.714 bits per heavy atom. The molecule has 0 bridgehead atoms. The molecular weight excluding hydrogens is 263 g/mol. The Kier molecular flexibility index (Phi) is 3.80. The van der Waals surface area contributed by atoms with Gasteiger partial charge < -0.3 is 5.11 Å². The molecule has 0 saturated carbocycles. The Hall–Kier alpha value is -2.45. The molecule has 21 heavy (non-hydrogen) atoms. The van der Waals surface area contributed by atoms with E-state index in [9.17, 15) is 4.39 Å². The van der Waals surface area contributed by atoms with Crippen molar-refractivity contribution in [1.82, 2.24) is 0 Å². The summed E-state index contributed by atoms with van der Waals surface area (Å²) in [5.74, 6) is -0.242. The molecule has 0 spiro atoms. The third kappa shape index (κ3) is 2.86. The Morgan fingerprint density at radius 3 is 2.00 bits per heavy atom. The van der Waals surface area contributed by atoms with E-state index in [1.807, 2.05) is 48.5 Å². The molecule has 3 aromatic carbocycles. The summed E-state index contributed by atoms with van der Waals surface area (Å²) in [5.41, 5.74) is 4.06. The van der Waals surface area contributed by atoms with Gasteiger partial charge in [-0.05, 0) is 28.3 Å². The van der Waals surface area contributed by atoms with Crippen LogP contribution in [-0.4, -0.2) is 5.11 Å². The van der Waals surface area contributed by atoms with Crippen LogP contribution in [-0.2, 0) is 6.61 Å². The van der Waals surface area contributed by atoms with Crippen LogP contribution in [0, 0.1) is 5.82 Å². The number of aliphatic hydroxyl groups is 1. The molecule has 0 aliphatic heterocycles. The zero-order valence-corrected chi connectivity index (χ0v) is 11.5. The number of aliphatic hydroxyl groups excluding tert-OH is 1. The summed E-state index contributed by atoms with van der Waals surface area (Å²) >= 11 is 0. The van der Waals surface area contributed by atoms with E-state index >= 15 is 0 Å². The van der Waals surface area contributed by atoms with Gasteiger partial charge in [0.25, 0.3) is 0 Å². The van der Waals surface area contributed by atoms with Crippen molar-refractivity contribution in [1.29, 1.82) is 0 Å². The third-order valence-corrected chi connectivity index (χ3v) is 3.52. The highest BCUT2D eigenvalue weighted by Crippen LogP contribution is 2.28. The number of rotatable bonds is 3. The van der Waals surface area contributed by atoms with E-state index in [4.69, 9.17) is 5.11 Å². The van der Waals surface area contributed by atoms with E-state index in [0.29, 0.717) is 5.56 Å². The van der Waals surface area contributed by atoms with Crippen LogP contribution in [0.4, 0.5) is 4.39 Å². The molecule has 0 amide bonds. The number of benzene rings is 3. The van der Waals surface area contributed by atoms with Crippen LogP contribution in [0.1, 0.15) is 5.56 Å². The predicted octanol–water partition coefficient (Wildman–Crippen LogP) is 4.65. The predicted molar refractivity (Wildman–Crippen MR) is 83.2 cm³/mol. The molecule has 3 aromatic rings. The molecular formula is C19H15FO. The largest absolute Gasteiger partial charge is 0.392 e. The zero-order chi connectivity index (χ0) is 14.7. The fraction of sp³-hybridized carbons (Fsp3) is 0.0526. The van der Waals surface area contributed by atoms with Crippen LogP contribution >= 0.6 is 0 Å². The van der Waals surface area contributed by atoms with Crippen LogP contribution in [0.25, 0.3) is 22.3 Å². The van der Waals surface area contributed by atoms with Crippen molar-refractivity contribution in [3.05, 3.63) is 84.2 Å². The summed E-state index contributed by atoms with van der Waals surface area (Å²) in [7, 11) is 0. The fourth-order valence-corrected chi connectivity index (χ4v) is 2.35. The van der Waals surface area contributed by atoms with E-state index in [-0.39, 0.29) is 12.4 Å². The van der Waals surface area contributed by atoms with E-state index in [1.54, 1.807) is 24.3 Å². The molecule has 0 atom stereocenters. The number of halogens is 1. The van der Waals surface area contributed by atoms with Gasteiger partial charge in [-0.1, -0.05) is 66.7 Å². The lowest BCUT2D eigenvalue weighted by Crippen LogP contribution is -1.88. The van der Waals surface area contributed by atoms with Gasteiger partial charge in [-0.2, -0.15) is 0 Å². The summed E-state index contributed by atoms with van der Waals surface area (Å²) in [6.45, 7) is -0.00426. The Labute approximate surface area is 123 Å². The monoisotopic (exact) mass is 278 g/mol. The SMILES string of the molecule is OCc1ccc(-c2ccc(-c3ccccc3)cc2F)cc1. The highest BCUT2D eigenvalue weighted by Gasteiger charge is 2.07. The average Bonchev–Trinajstić information content (AvgIpc) is 2.56. The molecule has 0 aromatic heterocycles. The minimum Gasteiger partial charge on any atom is -0.392 e. The third-order valence-electron chi connectivity index (χ3n) is 3.52. The number of hydrogen-bond acceptors (Lipinski definition) is 1. The minimum atomic E-state index is -0.242. The highest BCUT2D eigenvalue weighted by atomic mass is 19.1. The van der Waals surface area contributed by atoms with Crippen molar-refractivity contribution in [2.24, 2.45) is 0 Å². The van der Waals surface area contributed by atoms with Gasteiger partial charge in [0.15, 0.2) is 0 Å².